The Kier molecular flexibility index (Phi) is 3.04. The lowest BCUT2D eigenvalue weighted by Gasteiger charge is -2.11. The Morgan fingerprint density at radius 3 is 2.42 bits per heavy atom. The first-order chi connectivity index (χ1) is 8.91. The minimum Gasteiger partial charge on any atom is -0.501 e. The van der Waals surface area contributed by atoms with Crippen molar-refractivity contribution in [2.24, 2.45) is 0 Å². The molecular weight excluding hydrogens is 254 g/mol. The molecule has 0 unspecified atom stereocenters. The van der Waals surface area contributed by atoms with E-state index in [9.17, 15) is 24.8 Å². The highest BCUT2D eigenvalue weighted by Gasteiger charge is 2.37. The van der Waals surface area contributed by atoms with E-state index in [1.165, 1.54) is 31.2 Å². The number of nitro groups is 1. The molecule has 0 spiro atoms. The van der Waals surface area contributed by atoms with Crippen LogP contribution in [0.15, 0.2) is 35.6 Å². The van der Waals surface area contributed by atoms with E-state index in [1.807, 2.05) is 0 Å². The number of carbonyl (C=O) groups excluding carboxylic acids is 2. The number of ketones is 1. The number of hydrogen-bond donors (Lipinski definition) is 1. The van der Waals surface area contributed by atoms with Gasteiger partial charge in [-0.1, -0.05) is 0 Å². The number of ether oxygens (including phenoxy) is 1. The average molecular weight is 263 g/mol. The van der Waals surface area contributed by atoms with E-state index in [0.29, 0.717) is 5.56 Å². The number of non-ortho nitro benzene ring substituents is 1. The minimum atomic E-state index is -1.02. The van der Waals surface area contributed by atoms with Crippen LogP contribution in [0.4, 0.5) is 5.69 Å². The standard InChI is InChI=1S/C12H9NO6/c1-6(14)9-10(15)12(16)19-11(9)7-2-4-8(5-3-7)13(17)18/h2-5,11,15H,1H3/t11-/m1/s1. The smallest absolute Gasteiger partial charge is 0.374 e. The van der Waals surface area contributed by atoms with Crippen molar-refractivity contribution in [2.75, 3.05) is 0 Å². The second kappa shape index (κ2) is 4.52. The van der Waals surface area contributed by atoms with Gasteiger partial charge in [-0.15, -0.1) is 0 Å². The Balaban J connectivity index is 2.40. The second-order valence-corrected chi connectivity index (χ2v) is 3.95. The van der Waals surface area contributed by atoms with Crippen molar-refractivity contribution < 1.29 is 24.4 Å². The van der Waals surface area contributed by atoms with Crippen molar-refractivity contribution >= 4 is 17.4 Å². The van der Waals surface area contributed by atoms with E-state index in [2.05, 4.69) is 0 Å². The lowest BCUT2D eigenvalue weighted by Crippen LogP contribution is -2.08. The average Bonchev–Trinajstić information content (AvgIpc) is 2.66. The SMILES string of the molecule is CC(=O)C1=C(O)C(=O)O[C@@H]1c1ccc([N+](=O)[O-])cc1. The predicted molar refractivity (Wildman–Crippen MR) is 62.3 cm³/mol. The molecule has 1 atom stereocenters. The third-order valence-corrected chi connectivity index (χ3v) is 2.72. The van der Waals surface area contributed by atoms with E-state index in [1.54, 1.807) is 0 Å². The van der Waals surface area contributed by atoms with Gasteiger partial charge in [0.15, 0.2) is 11.9 Å². The van der Waals surface area contributed by atoms with Crippen molar-refractivity contribution in [3.63, 3.8) is 0 Å². The number of aliphatic hydroxyl groups is 1. The van der Waals surface area contributed by atoms with Crippen LogP contribution < -0.4 is 0 Å². The number of aliphatic hydroxyl groups excluding tert-OH is 1. The molecule has 0 aliphatic carbocycles. The number of benzene rings is 1. The van der Waals surface area contributed by atoms with Crippen LogP contribution in [0.5, 0.6) is 0 Å². The molecule has 2 rings (SSSR count). The molecule has 0 aromatic heterocycles. The summed E-state index contributed by atoms with van der Waals surface area (Å²) < 4.78 is 4.88. The number of hydrogen-bond acceptors (Lipinski definition) is 6. The summed E-state index contributed by atoms with van der Waals surface area (Å²) in [6.45, 7) is 1.20. The number of cyclic esters (lactones) is 1. The Morgan fingerprint density at radius 2 is 1.95 bits per heavy atom. The van der Waals surface area contributed by atoms with E-state index in [0.717, 1.165) is 0 Å². The quantitative estimate of drug-likeness (QED) is 0.504. The van der Waals surface area contributed by atoms with Crippen molar-refractivity contribution in [1.82, 2.24) is 0 Å². The summed E-state index contributed by atoms with van der Waals surface area (Å²) in [6, 6.07) is 5.21. The Hall–Kier alpha value is -2.70. The van der Waals surface area contributed by atoms with Crippen LogP contribution in [-0.2, 0) is 14.3 Å². The van der Waals surface area contributed by atoms with Crippen molar-refractivity contribution in [2.45, 2.75) is 13.0 Å². The number of nitrogens with zero attached hydrogens (tertiary/aromatic N) is 1. The van der Waals surface area contributed by atoms with Gasteiger partial charge in [0.05, 0.1) is 10.5 Å². The maximum atomic E-state index is 11.4. The zero-order chi connectivity index (χ0) is 14.2. The summed E-state index contributed by atoms with van der Waals surface area (Å²) >= 11 is 0. The van der Waals surface area contributed by atoms with Gasteiger partial charge in [-0.2, -0.15) is 0 Å². The number of esters is 1. The third kappa shape index (κ3) is 2.17. The molecule has 0 amide bonds. The van der Waals surface area contributed by atoms with E-state index in [-0.39, 0.29) is 11.3 Å². The Morgan fingerprint density at radius 1 is 1.37 bits per heavy atom. The van der Waals surface area contributed by atoms with Gasteiger partial charge in [0.25, 0.3) is 5.69 Å². The second-order valence-electron chi connectivity index (χ2n) is 3.95. The molecule has 1 aromatic rings. The Bertz CT molecular complexity index is 601. The molecule has 19 heavy (non-hydrogen) atoms. The van der Waals surface area contributed by atoms with Crippen LogP contribution in [0, 0.1) is 10.1 Å². The molecule has 1 aliphatic heterocycles. The molecule has 7 nitrogen and oxygen atoms in total. The van der Waals surface area contributed by atoms with Crippen LogP contribution in [0.2, 0.25) is 0 Å². The largest absolute Gasteiger partial charge is 0.501 e. The monoisotopic (exact) mass is 263 g/mol. The maximum Gasteiger partial charge on any atom is 0.374 e. The lowest BCUT2D eigenvalue weighted by atomic mass is 9.99. The van der Waals surface area contributed by atoms with Crippen molar-refractivity contribution in [3.05, 3.63) is 51.3 Å². The van der Waals surface area contributed by atoms with E-state index < -0.39 is 28.5 Å². The van der Waals surface area contributed by atoms with Crippen LogP contribution in [0.3, 0.4) is 0 Å². The highest BCUT2D eigenvalue weighted by molar-refractivity contribution is 6.05. The van der Waals surface area contributed by atoms with Gasteiger partial charge in [-0.3, -0.25) is 14.9 Å². The number of rotatable bonds is 3. The number of carbonyl (C=O) groups is 2. The number of Topliss-reactive ketones (excluding diaryl/α,β-unsaturated/α-hetero) is 1. The van der Waals surface area contributed by atoms with E-state index in [4.69, 9.17) is 4.74 Å². The molecule has 0 bridgehead atoms. The topological polar surface area (TPSA) is 107 Å². The van der Waals surface area contributed by atoms with Gasteiger partial charge < -0.3 is 9.84 Å². The van der Waals surface area contributed by atoms with E-state index >= 15 is 0 Å². The molecule has 1 heterocycles. The summed E-state index contributed by atoms with van der Waals surface area (Å²) in [5.41, 5.74) is 0.123. The summed E-state index contributed by atoms with van der Waals surface area (Å²) in [6.07, 6.45) is -1.02. The number of nitro benzene ring substituents is 1. The molecule has 0 fully saturated rings. The molecule has 7 heteroatoms. The van der Waals surface area contributed by atoms with Crippen LogP contribution in [0.25, 0.3) is 0 Å². The highest BCUT2D eigenvalue weighted by Crippen LogP contribution is 2.35. The normalized spacial score (nSPS) is 18.4. The fourth-order valence-electron chi connectivity index (χ4n) is 1.81. The van der Waals surface area contributed by atoms with Crippen molar-refractivity contribution in [3.8, 4) is 0 Å². The molecule has 0 saturated carbocycles. The summed E-state index contributed by atoms with van der Waals surface area (Å²) in [7, 11) is 0. The zero-order valence-electron chi connectivity index (χ0n) is 9.82. The van der Waals surface area contributed by atoms with Gasteiger partial charge in [-0.25, -0.2) is 4.79 Å². The summed E-state index contributed by atoms with van der Waals surface area (Å²) in [5, 5.41) is 20.0. The molecule has 1 N–H and O–H groups in total. The first-order valence-electron chi connectivity index (χ1n) is 5.31. The minimum absolute atomic E-state index is 0.120. The Labute approximate surface area is 107 Å². The first kappa shape index (κ1) is 12.7. The van der Waals surface area contributed by atoms with Crippen LogP contribution >= 0.6 is 0 Å². The summed E-state index contributed by atoms with van der Waals surface area (Å²) in [4.78, 5) is 32.6. The fourth-order valence-corrected chi connectivity index (χ4v) is 1.81. The third-order valence-electron chi connectivity index (χ3n) is 2.72. The molecule has 1 aromatic carbocycles. The lowest BCUT2D eigenvalue weighted by molar-refractivity contribution is -0.384. The summed E-state index contributed by atoms with van der Waals surface area (Å²) in [5.74, 6) is -2.18. The molecule has 98 valence electrons. The van der Waals surface area contributed by atoms with Gasteiger partial charge in [-0.05, 0) is 24.6 Å². The van der Waals surface area contributed by atoms with Gasteiger partial charge in [0.1, 0.15) is 0 Å². The van der Waals surface area contributed by atoms with Gasteiger partial charge >= 0.3 is 5.97 Å². The molecular formula is C12H9NO6. The van der Waals surface area contributed by atoms with Gasteiger partial charge in [0.2, 0.25) is 5.76 Å². The van der Waals surface area contributed by atoms with Gasteiger partial charge in [0, 0.05) is 12.1 Å². The van der Waals surface area contributed by atoms with Crippen molar-refractivity contribution in [1.29, 1.82) is 0 Å². The highest BCUT2D eigenvalue weighted by atomic mass is 16.6. The molecule has 1 aliphatic rings. The zero-order valence-corrected chi connectivity index (χ0v) is 9.82. The molecule has 0 radical (unpaired) electrons. The first-order valence-corrected chi connectivity index (χ1v) is 5.31. The van der Waals surface area contributed by atoms with Crippen LogP contribution in [-0.4, -0.2) is 21.8 Å². The fraction of sp³-hybridized carbons (Fsp3) is 0.167. The molecule has 0 saturated heterocycles. The maximum absolute atomic E-state index is 11.4. The predicted octanol–water partition coefficient (Wildman–Crippen LogP) is 1.59. The van der Waals surface area contributed by atoms with Crippen LogP contribution in [0.1, 0.15) is 18.6 Å².